The molecule has 0 aliphatic rings. The van der Waals surface area contributed by atoms with Crippen LogP contribution < -0.4 is 0 Å². The van der Waals surface area contributed by atoms with E-state index in [0.717, 1.165) is 12.6 Å². The Labute approximate surface area is 61.9 Å². The van der Waals surface area contributed by atoms with Gasteiger partial charge in [0.05, 0.1) is 0 Å². The molecule has 0 radical (unpaired) electrons. The second-order valence-corrected chi connectivity index (χ2v) is 2.34. The number of hydrogen-bond donors (Lipinski definition) is 0. The lowest BCUT2D eigenvalue weighted by atomic mass is 10.3. The van der Waals surface area contributed by atoms with Crippen molar-refractivity contribution < 1.29 is 9.59 Å². The maximum Gasteiger partial charge on any atom is 0.145 e. The third-order valence-electron chi connectivity index (χ3n) is 0.473. The van der Waals surface area contributed by atoms with Crippen LogP contribution in [-0.2, 0) is 9.59 Å². The molecule has 0 fully saturated rings. The Balaban J connectivity index is 0. The van der Waals surface area contributed by atoms with Crippen LogP contribution in [-0.4, -0.2) is 12.6 Å². The van der Waals surface area contributed by atoms with Crippen molar-refractivity contribution in [3.8, 4) is 0 Å². The molecule has 10 heavy (non-hydrogen) atoms. The number of carbonyl (C=O) groups excluding carboxylic acids is 2. The lowest BCUT2D eigenvalue weighted by Crippen LogP contribution is -1.82. The molecule has 0 heterocycles. The minimum absolute atomic E-state index is 0.204. The molecule has 0 unspecified atom stereocenters. The van der Waals surface area contributed by atoms with Crippen molar-refractivity contribution in [1.82, 2.24) is 0 Å². The molecule has 0 aliphatic carbocycles. The standard InChI is InChI=1S/C4H8O.C4H6O/c2*1-4(2)3-5/h3-4H,1-2H3;3H,1H2,2H3. The summed E-state index contributed by atoms with van der Waals surface area (Å²) in [7, 11) is 0. The first-order valence-corrected chi connectivity index (χ1v) is 3.10. The average molecular weight is 142 g/mol. The summed E-state index contributed by atoms with van der Waals surface area (Å²) in [6.45, 7) is 8.67. The van der Waals surface area contributed by atoms with E-state index >= 15 is 0 Å². The van der Waals surface area contributed by atoms with Crippen molar-refractivity contribution in [2.45, 2.75) is 20.8 Å². The van der Waals surface area contributed by atoms with Crippen LogP contribution in [0, 0.1) is 5.92 Å². The predicted molar refractivity (Wildman–Crippen MR) is 41.8 cm³/mol. The van der Waals surface area contributed by atoms with Gasteiger partial charge in [-0.3, -0.25) is 4.79 Å². The molecule has 0 rings (SSSR count). The molecule has 0 N–H and O–H groups in total. The Morgan fingerprint density at radius 3 is 1.60 bits per heavy atom. The summed E-state index contributed by atoms with van der Waals surface area (Å²) in [6, 6.07) is 0. The zero-order valence-electron chi connectivity index (χ0n) is 6.76. The van der Waals surface area contributed by atoms with Crippen LogP contribution in [0.15, 0.2) is 12.2 Å². The Hall–Kier alpha value is -0.920. The van der Waals surface area contributed by atoms with Crippen LogP contribution in [0.2, 0.25) is 0 Å². The van der Waals surface area contributed by atoms with Gasteiger partial charge in [0.2, 0.25) is 0 Å². The fourth-order valence-electron chi connectivity index (χ4n) is 0. The van der Waals surface area contributed by atoms with Crippen LogP contribution in [0.1, 0.15) is 20.8 Å². The molecule has 0 aromatic heterocycles. The smallest absolute Gasteiger partial charge is 0.145 e. The second kappa shape index (κ2) is 8.08. The molecule has 0 spiro atoms. The van der Waals surface area contributed by atoms with E-state index in [4.69, 9.17) is 0 Å². The summed E-state index contributed by atoms with van der Waals surface area (Å²) in [5.41, 5.74) is 0.574. The summed E-state index contributed by atoms with van der Waals surface area (Å²) in [5, 5.41) is 0. The third kappa shape index (κ3) is 27.6. The van der Waals surface area contributed by atoms with E-state index in [1.807, 2.05) is 13.8 Å². The highest BCUT2D eigenvalue weighted by Crippen LogP contribution is 1.78. The van der Waals surface area contributed by atoms with Crippen LogP contribution in [0.4, 0.5) is 0 Å². The first-order chi connectivity index (χ1) is 4.54. The van der Waals surface area contributed by atoms with Gasteiger partial charge in [0.1, 0.15) is 12.6 Å². The van der Waals surface area contributed by atoms with Gasteiger partial charge in [0.15, 0.2) is 0 Å². The molecular formula is C8H14O2. The van der Waals surface area contributed by atoms with E-state index in [9.17, 15) is 9.59 Å². The highest BCUT2D eigenvalue weighted by Gasteiger charge is 1.79. The van der Waals surface area contributed by atoms with Crippen molar-refractivity contribution in [1.29, 1.82) is 0 Å². The SMILES string of the molecule is C=C(C)C=O.CC(C)C=O. The van der Waals surface area contributed by atoms with Crippen LogP contribution in [0.5, 0.6) is 0 Å². The van der Waals surface area contributed by atoms with Gasteiger partial charge < -0.3 is 4.79 Å². The third-order valence-corrected chi connectivity index (χ3v) is 0.473. The van der Waals surface area contributed by atoms with Crippen molar-refractivity contribution in [3.63, 3.8) is 0 Å². The normalized spacial score (nSPS) is 7.60. The van der Waals surface area contributed by atoms with E-state index in [-0.39, 0.29) is 5.92 Å². The molecule has 0 amide bonds. The Bertz CT molecular complexity index is 114. The molecule has 2 nitrogen and oxygen atoms in total. The molecule has 0 saturated heterocycles. The monoisotopic (exact) mass is 142 g/mol. The number of carbonyl (C=O) groups is 2. The molecule has 0 bridgehead atoms. The van der Waals surface area contributed by atoms with Crippen molar-refractivity contribution in [2.75, 3.05) is 0 Å². The summed E-state index contributed by atoms with van der Waals surface area (Å²) in [4.78, 5) is 18.9. The fraction of sp³-hybridized carbons (Fsp3) is 0.500. The van der Waals surface area contributed by atoms with Crippen molar-refractivity contribution in [2.24, 2.45) is 5.92 Å². The first kappa shape index (κ1) is 11.8. The average Bonchev–Trinajstić information content (AvgIpc) is 1.89. The van der Waals surface area contributed by atoms with Crippen molar-refractivity contribution >= 4 is 12.6 Å². The Morgan fingerprint density at radius 2 is 1.60 bits per heavy atom. The van der Waals surface area contributed by atoms with Gasteiger partial charge in [-0.2, -0.15) is 0 Å². The van der Waals surface area contributed by atoms with E-state index in [1.165, 1.54) is 0 Å². The predicted octanol–water partition coefficient (Wildman–Crippen LogP) is 1.60. The lowest BCUT2D eigenvalue weighted by molar-refractivity contribution is -0.110. The Morgan fingerprint density at radius 1 is 1.40 bits per heavy atom. The summed E-state index contributed by atoms with van der Waals surface area (Å²) >= 11 is 0. The molecule has 0 aliphatic heterocycles. The largest absolute Gasteiger partial charge is 0.303 e. The van der Waals surface area contributed by atoms with E-state index in [1.54, 1.807) is 6.92 Å². The van der Waals surface area contributed by atoms with Gasteiger partial charge in [-0.1, -0.05) is 20.4 Å². The highest BCUT2D eigenvalue weighted by atomic mass is 16.1. The lowest BCUT2D eigenvalue weighted by Gasteiger charge is -1.78. The van der Waals surface area contributed by atoms with Gasteiger partial charge in [-0.15, -0.1) is 0 Å². The zero-order valence-corrected chi connectivity index (χ0v) is 6.76. The minimum atomic E-state index is 0.204. The van der Waals surface area contributed by atoms with E-state index < -0.39 is 0 Å². The Kier molecular flexibility index (Phi) is 9.56. The number of rotatable bonds is 2. The highest BCUT2D eigenvalue weighted by molar-refractivity contribution is 5.70. The summed E-state index contributed by atoms with van der Waals surface area (Å²) in [6.07, 6.45) is 1.64. The van der Waals surface area contributed by atoms with Crippen LogP contribution in [0.25, 0.3) is 0 Å². The maximum absolute atomic E-state index is 9.50. The van der Waals surface area contributed by atoms with Crippen molar-refractivity contribution in [3.05, 3.63) is 12.2 Å². The zero-order chi connectivity index (χ0) is 8.57. The molecule has 2 heteroatoms. The maximum atomic E-state index is 9.50. The topological polar surface area (TPSA) is 34.1 Å². The van der Waals surface area contributed by atoms with Gasteiger partial charge in [0, 0.05) is 5.92 Å². The summed E-state index contributed by atoms with van der Waals surface area (Å²) < 4.78 is 0. The number of allylic oxidation sites excluding steroid dienone is 1. The van der Waals surface area contributed by atoms with Crippen LogP contribution in [0.3, 0.4) is 0 Å². The summed E-state index contributed by atoms with van der Waals surface area (Å²) in [5.74, 6) is 0.204. The minimum Gasteiger partial charge on any atom is -0.303 e. The van der Waals surface area contributed by atoms with Crippen LogP contribution >= 0.6 is 0 Å². The fourth-order valence-corrected chi connectivity index (χ4v) is 0. The molecular weight excluding hydrogens is 128 g/mol. The molecule has 0 aromatic rings. The quantitative estimate of drug-likeness (QED) is 0.433. The molecule has 58 valence electrons. The number of aldehydes is 2. The van der Waals surface area contributed by atoms with Gasteiger partial charge in [-0.25, -0.2) is 0 Å². The van der Waals surface area contributed by atoms with E-state index in [2.05, 4.69) is 6.58 Å². The molecule has 0 saturated carbocycles. The van der Waals surface area contributed by atoms with Gasteiger partial charge in [-0.05, 0) is 12.5 Å². The van der Waals surface area contributed by atoms with Gasteiger partial charge in [0.25, 0.3) is 0 Å². The second-order valence-electron chi connectivity index (χ2n) is 2.34. The van der Waals surface area contributed by atoms with Gasteiger partial charge >= 0.3 is 0 Å². The molecule has 0 aromatic carbocycles. The number of hydrogen-bond acceptors (Lipinski definition) is 2. The first-order valence-electron chi connectivity index (χ1n) is 3.10. The molecule has 0 atom stereocenters. The van der Waals surface area contributed by atoms with E-state index in [0.29, 0.717) is 5.57 Å².